The molecule has 3 aromatic rings. The number of nitrogens with zero attached hydrogens (tertiary/aromatic N) is 2. The number of carbonyl (C=O) groups excluding carboxylic acids is 1. The average Bonchev–Trinajstić information content (AvgIpc) is 3.11. The van der Waals surface area contributed by atoms with Gasteiger partial charge < -0.3 is 4.74 Å². The van der Waals surface area contributed by atoms with Crippen LogP contribution >= 0.6 is 34.8 Å². The van der Waals surface area contributed by atoms with Crippen molar-refractivity contribution in [2.45, 2.75) is 0 Å². The number of hydrogen-bond acceptors (Lipinski definition) is 4. The van der Waals surface area contributed by atoms with Gasteiger partial charge in [-0.1, -0.05) is 46.9 Å². The second-order valence-electron chi connectivity index (χ2n) is 5.37. The molecule has 1 aromatic heterocycles. The van der Waals surface area contributed by atoms with Gasteiger partial charge in [-0.15, -0.1) is 0 Å². The molecule has 6 nitrogen and oxygen atoms in total. The zero-order chi connectivity index (χ0) is 19.2. The number of ether oxygens (including phenoxy) is 1. The lowest BCUT2D eigenvalue weighted by Gasteiger charge is -2.05. The van der Waals surface area contributed by atoms with Gasteiger partial charge in [-0.05, 0) is 30.3 Å². The Morgan fingerprint density at radius 3 is 2.81 bits per heavy atom. The summed E-state index contributed by atoms with van der Waals surface area (Å²) in [6.45, 7) is -0.192. The summed E-state index contributed by atoms with van der Waals surface area (Å²) in [6.07, 6.45) is 3.05. The zero-order valence-corrected chi connectivity index (χ0v) is 16.0. The third-order valence-electron chi connectivity index (χ3n) is 3.44. The van der Waals surface area contributed by atoms with Gasteiger partial charge in [-0.3, -0.25) is 9.89 Å². The predicted molar refractivity (Wildman–Crippen MR) is 107 cm³/mol. The van der Waals surface area contributed by atoms with Gasteiger partial charge in [0.1, 0.15) is 5.75 Å². The fourth-order valence-electron chi connectivity index (χ4n) is 2.19. The number of H-pyrrole nitrogens is 1. The quantitative estimate of drug-likeness (QED) is 0.450. The van der Waals surface area contributed by atoms with Gasteiger partial charge in [0.05, 0.1) is 28.2 Å². The maximum absolute atomic E-state index is 11.8. The highest BCUT2D eigenvalue weighted by Gasteiger charge is 2.08. The number of rotatable bonds is 6. The van der Waals surface area contributed by atoms with Crippen LogP contribution in [0.4, 0.5) is 0 Å². The van der Waals surface area contributed by atoms with Crippen LogP contribution in [0.5, 0.6) is 5.75 Å². The summed E-state index contributed by atoms with van der Waals surface area (Å²) in [5, 5.41) is 12.2. The van der Waals surface area contributed by atoms with E-state index in [1.807, 2.05) is 0 Å². The molecule has 3 rings (SSSR count). The molecule has 27 heavy (non-hydrogen) atoms. The Morgan fingerprint density at radius 2 is 2.04 bits per heavy atom. The molecule has 0 aliphatic heterocycles. The third-order valence-corrected chi connectivity index (χ3v) is 4.41. The lowest BCUT2D eigenvalue weighted by atomic mass is 10.1. The van der Waals surface area contributed by atoms with Crippen molar-refractivity contribution in [1.29, 1.82) is 0 Å². The van der Waals surface area contributed by atoms with Crippen LogP contribution in [0.15, 0.2) is 53.8 Å². The monoisotopic (exact) mass is 422 g/mol. The molecule has 2 aromatic carbocycles. The molecule has 0 spiro atoms. The first-order valence-corrected chi connectivity index (χ1v) is 8.85. The molecule has 0 aliphatic carbocycles. The van der Waals surface area contributed by atoms with E-state index in [1.165, 1.54) is 6.21 Å². The van der Waals surface area contributed by atoms with E-state index in [0.29, 0.717) is 32.1 Å². The van der Waals surface area contributed by atoms with Gasteiger partial charge in [0.25, 0.3) is 5.91 Å². The van der Waals surface area contributed by atoms with Gasteiger partial charge >= 0.3 is 0 Å². The minimum atomic E-state index is -0.411. The Bertz CT molecular complexity index is 988. The zero-order valence-electron chi connectivity index (χ0n) is 13.7. The molecule has 0 atom stereocenters. The fraction of sp³-hybridized carbons (Fsp3) is 0.0556. The largest absolute Gasteiger partial charge is 0.484 e. The number of carbonyl (C=O) groups is 1. The van der Waals surface area contributed by atoms with Gasteiger partial charge in [0, 0.05) is 16.1 Å². The second-order valence-corrected chi connectivity index (χ2v) is 6.62. The number of halogens is 3. The molecule has 0 unspecified atom stereocenters. The van der Waals surface area contributed by atoms with Gasteiger partial charge in [-0.25, -0.2) is 5.43 Å². The number of hydrazone groups is 1. The first-order valence-electron chi connectivity index (χ1n) is 7.72. The van der Waals surface area contributed by atoms with E-state index in [4.69, 9.17) is 39.5 Å². The van der Waals surface area contributed by atoms with Crippen LogP contribution in [0, 0.1) is 0 Å². The third kappa shape index (κ3) is 5.23. The Hall–Kier alpha value is -2.54. The lowest BCUT2D eigenvalue weighted by Crippen LogP contribution is -2.24. The van der Waals surface area contributed by atoms with Crippen LogP contribution in [0.25, 0.3) is 11.3 Å². The molecule has 0 aliphatic rings. The summed E-state index contributed by atoms with van der Waals surface area (Å²) < 4.78 is 5.34. The number of amides is 1. The molecule has 0 saturated carbocycles. The Morgan fingerprint density at radius 1 is 1.19 bits per heavy atom. The summed E-state index contributed by atoms with van der Waals surface area (Å²) in [6, 6.07) is 12.0. The normalized spacial score (nSPS) is 10.9. The van der Waals surface area contributed by atoms with Gasteiger partial charge in [0.15, 0.2) is 6.61 Å². The maximum atomic E-state index is 11.8. The van der Waals surface area contributed by atoms with Crippen molar-refractivity contribution in [3.05, 3.63) is 69.3 Å². The maximum Gasteiger partial charge on any atom is 0.277 e. The highest BCUT2D eigenvalue weighted by atomic mass is 35.5. The van der Waals surface area contributed by atoms with E-state index in [9.17, 15) is 4.79 Å². The summed E-state index contributed by atoms with van der Waals surface area (Å²) in [5.41, 5.74) is 4.55. The predicted octanol–water partition coefficient (Wildman–Crippen LogP) is 4.57. The molecule has 0 fully saturated rings. The minimum absolute atomic E-state index is 0.192. The molecule has 2 N–H and O–H groups in total. The van der Waals surface area contributed by atoms with E-state index >= 15 is 0 Å². The van der Waals surface area contributed by atoms with E-state index < -0.39 is 5.91 Å². The summed E-state index contributed by atoms with van der Waals surface area (Å²) in [5.74, 6) is 0.0872. The van der Waals surface area contributed by atoms with Crippen LogP contribution in [0.1, 0.15) is 5.56 Å². The van der Waals surface area contributed by atoms with E-state index in [0.717, 1.165) is 5.56 Å². The molecular formula is C18H13Cl3N4O2. The highest BCUT2D eigenvalue weighted by molar-refractivity contribution is 6.42. The van der Waals surface area contributed by atoms with Crippen LogP contribution in [-0.4, -0.2) is 28.9 Å². The Balaban J connectivity index is 1.59. The summed E-state index contributed by atoms with van der Waals surface area (Å²) in [4.78, 5) is 11.8. The molecule has 9 heteroatoms. The van der Waals surface area contributed by atoms with E-state index in [1.54, 1.807) is 48.7 Å². The number of nitrogens with one attached hydrogen (secondary N) is 2. The molecule has 0 saturated heterocycles. The van der Waals surface area contributed by atoms with Crippen molar-refractivity contribution in [2.24, 2.45) is 5.10 Å². The number of aromatic amines is 1. The van der Waals surface area contributed by atoms with Crippen LogP contribution in [0.2, 0.25) is 15.1 Å². The smallest absolute Gasteiger partial charge is 0.277 e. The first-order chi connectivity index (χ1) is 13.0. The van der Waals surface area contributed by atoms with Crippen molar-refractivity contribution >= 4 is 46.9 Å². The first kappa shape index (κ1) is 19.2. The van der Waals surface area contributed by atoms with E-state index in [2.05, 4.69) is 20.7 Å². The summed E-state index contributed by atoms with van der Waals surface area (Å²) in [7, 11) is 0. The number of benzene rings is 2. The van der Waals surface area contributed by atoms with Crippen molar-refractivity contribution < 1.29 is 9.53 Å². The minimum Gasteiger partial charge on any atom is -0.484 e. The number of hydrogen-bond donors (Lipinski definition) is 2. The number of aromatic nitrogens is 2. The highest BCUT2D eigenvalue weighted by Crippen LogP contribution is 2.28. The molecule has 138 valence electrons. The van der Waals surface area contributed by atoms with Crippen LogP contribution < -0.4 is 10.2 Å². The van der Waals surface area contributed by atoms with Crippen molar-refractivity contribution in [2.75, 3.05) is 6.61 Å². The molecule has 1 amide bonds. The average molecular weight is 424 g/mol. The Labute approximate surface area is 170 Å². The molecule has 0 bridgehead atoms. The van der Waals surface area contributed by atoms with Crippen LogP contribution in [-0.2, 0) is 4.79 Å². The van der Waals surface area contributed by atoms with Gasteiger partial charge in [-0.2, -0.15) is 10.2 Å². The summed E-state index contributed by atoms with van der Waals surface area (Å²) >= 11 is 17.8. The van der Waals surface area contributed by atoms with Crippen molar-refractivity contribution in [3.63, 3.8) is 0 Å². The Kier molecular flexibility index (Phi) is 6.34. The van der Waals surface area contributed by atoms with E-state index in [-0.39, 0.29) is 6.61 Å². The van der Waals surface area contributed by atoms with Crippen molar-refractivity contribution in [1.82, 2.24) is 15.6 Å². The standard InChI is InChI=1S/C18H13Cl3N4O2/c19-13-2-1-3-14(7-13)27-10-17(26)24-22-8-12-9-23-25-18(12)11-4-5-15(20)16(21)6-11/h1-9H,10H2,(H,23,25)(H,24,26)/b22-8-. The lowest BCUT2D eigenvalue weighted by molar-refractivity contribution is -0.123. The topological polar surface area (TPSA) is 79.4 Å². The second kappa shape index (κ2) is 8.90. The molecule has 0 radical (unpaired) electrons. The van der Waals surface area contributed by atoms with Crippen molar-refractivity contribution in [3.8, 4) is 17.0 Å². The molecular weight excluding hydrogens is 411 g/mol. The SMILES string of the molecule is O=C(COc1cccc(Cl)c1)N/N=C\c1cn[nH]c1-c1ccc(Cl)c(Cl)c1. The van der Waals surface area contributed by atoms with Gasteiger partial charge in [0.2, 0.25) is 0 Å². The van der Waals surface area contributed by atoms with Crippen LogP contribution in [0.3, 0.4) is 0 Å². The molecule has 1 heterocycles. The fourth-order valence-corrected chi connectivity index (χ4v) is 2.67.